The summed E-state index contributed by atoms with van der Waals surface area (Å²) in [5.41, 5.74) is 1.72. The molecule has 0 aliphatic rings. The van der Waals surface area contributed by atoms with E-state index < -0.39 is 10.0 Å². The Hall–Kier alpha value is -2.62. The van der Waals surface area contributed by atoms with E-state index in [9.17, 15) is 13.2 Å². The van der Waals surface area contributed by atoms with E-state index in [2.05, 4.69) is 21.9 Å². The van der Waals surface area contributed by atoms with Crippen LogP contribution < -0.4 is 10.0 Å². The molecule has 0 saturated carbocycles. The van der Waals surface area contributed by atoms with Crippen molar-refractivity contribution in [1.29, 1.82) is 0 Å². The minimum absolute atomic E-state index is 0.0166. The Morgan fingerprint density at radius 1 is 1.04 bits per heavy atom. The van der Waals surface area contributed by atoms with Crippen LogP contribution in [0.15, 0.2) is 54.6 Å². The van der Waals surface area contributed by atoms with E-state index in [0.29, 0.717) is 16.7 Å². The first kappa shape index (κ1) is 17.7. The lowest BCUT2D eigenvalue weighted by Crippen LogP contribution is -2.25. The molecule has 0 bridgehead atoms. The molecule has 0 spiro atoms. The van der Waals surface area contributed by atoms with E-state index >= 15 is 0 Å². The Morgan fingerprint density at radius 2 is 1.71 bits per heavy atom. The van der Waals surface area contributed by atoms with Crippen LogP contribution in [0, 0.1) is 11.8 Å². The predicted molar refractivity (Wildman–Crippen MR) is 93.8 cm³/mol. The number of hydrogen-bond acceptors (Lipinski definition) is 3. The molecular formula is C18H18N2O3S. The molecule has 0 atom stereocenters. The summed E-state index contributed by atoms with van der Waals surface area (Å²) in [4.78, 5) is 11.7. The molecule has 24 heavy (non-hydrogen) atoms. The number of sulfonamides is 1. The molecule has 2 aromatic rings. The Bertz CT molecular complexity index is 866. The first-order valence-electron chi connectivity index (χ1n) is 7.33. The molecule has 0 aliphatic carbocycles. The van der Waals surface area contributed by atoms with E-state index in [1.807, 2.05) is 6.07 Å². The van der Waals surface area contributed by atoms with E-state index in [-0.39, 0.29) is 18.2 Å². The molecule has 0 aromatic heterocycles. The van der Waals surface area contributed by atoms with Crippen molar-refractivity contribution in [2.75, 3.05) is 13.6 Å². The number of amides is 1. The van der Waals surface area contributed by atoms with Gasteiger partial charge < -0.3 is 5.32 Å². The quantitative estimate of drug-likeness (QED) is 0.809. The van der Waals surface area contributed by atoms with E-state index in [4.69, 9.17) is 0 Å². The zero-order valence-electron chi connectivity index (χ0n) is 13.2. The van der Waals surface area contributed by atoms with Crippen LogP contribution in [0.2, 0.25) is 0 Å². The standard InChI is InChI=1S/C18H18N2O3S/c1-19-18(21)17-12-6-5-10-16(17)11-7-13-20-24(22,23)14-15-8-3-2-4-9-15/h2-6,8-10,12,20H,13-14H2,1H3,(H,19,21). The Balaban J connectivity index is 2.00. The van der Waals surface area contributed by atoms with Gasteiger partial charge in [-0.2, -0.15) is 0 Å². The fourth-order valence-electron chi connectivity index (χ4n) is 2.05. The third-order valence-corrected chi connectivity index (χ3v) is 4.50. The summed E-state index contributed by atoms with van der Waals surface area (Å²) in [5, 5.41) is 2.55. The largest absolute Gasteiger partial charge is 0.355 e. The van der Waals surface area contributed by atoms with Crippen LogP contribution >= 0.6 is 0 Å². The van der Waals surface area contributed by atoms with E-state index in [1.54, 1.807) is 55.6 Å². The Kier molecular flexibility index (Phi) is 6.13. The second kappa shape index (κ2) is 8.29. The minimum atomic E-state index is -3.45. The molecule has 5 nitrogen and oxygen atoms in total. The highest BCUT2D eigenvalue weighted by molar-refractivity contribution is 7.88. The van der Waals surface area contributed by atoms with Gasteiger partial charge in [-0.25, -0.2) is 13.1 Å². The SMILES string of the molecule is CNC(=O)c1ccccc1C#CCNS(=O)(=O)Cc1ccccc1. The average molecular weight is 342 g/mol. The van der Waals surface area contributed by atoms with Gasteiger partial charge in [0.1, 0.15) is 0 Å². The first-order valence-corrected chi connectivity index (χ1v) is 8.98. The van der Waals surface area contributed by atoms with Crippen LogP contribution in [0.25, 0.3) is 0 Å². The number of carbonyl (C=O) groups excluding carboxylic acids is 1. The molecule has 2 aromatic carbocycles. The van der Waals surface area contributed by atoms with Crippen molar-refractivity contribution in [3.8, 4) is 11.8 Å². The van der Waals surface area contributed by atoms with E-state index in [1.165, 1.54) is 0 Å². The summed E-state index contributed by atoms with van der Waals surface area (Å²) >= 11 is 0. The van der Waals surface area contributed by atoms with Crippen molar-refractivity contribution in [1.82, 2.24) is 10.0 Å². The molecule has 2 rings (SSSR count). The highest BCUT2D eigenvalue weighted by atomic mass is 32.2. The second-order valence-corrected chi connectivity index (χ2v) is 6.80. The van der Waals surface area contributed by atoms with Crippen molar-refractivity contribution in [2.45, 2.75) is 5.75 Å². The van der Waals surface area contributed by atoms with Crippen molar-refractivity contribution < 1.29 is 13.2 Å². The maximum absolute atomic E-state index is 12.0. The van der Waals surface area contributed by atoms with Gasteiger partial charge in [0.2, 0.25) is 10.0 Å². The van der Waals surface area contributed by atoms with Gasteiger partial charge in [0.15, 0.2) is 0 Å². The molecule has 0 heterocycles. The van der Waals surface area contributed by atoms with Crippen LogP contribution in [-0.4, -0.2) is 27.9 Å². The van der Waals surface area contributed by atoms with Crippen LogP contribution in [-0.2, 0) is 15.8 Å². The van der Waals surface area contributed by atoms with Gasteiger partial charge >= 0.3 is 0 Å². The smallest absolute Gasteiger partial charge is 0.252 e. The molecule has 0 aliphatic heterocycles. The van der Waals surface area contributed by atoms with E-state index in [0.717, 1.165) is 0 Å². The summed E-state index contributed by atoms with van der Waals surface area (Å²) in [5.74, 6) is 5.25. The summed E-state index contributed by atoms with van der Waals surface area (Å²) in [6, 6.07) is 15.8. The zero-order chi connectivity index (χ0) is 17.4. The molecule has 0 fully saturated rings. The highest BCUT2D eigenvalue weighted by Crippen LogP contribution is 2.07. The maximum atomic E-state index is 12.0. The molecular weight excluding hydrogens is 324 g/mol. The van der Waals surface area contributed by atoms with Gasteiger partial charge in [0.05, 0.1) is 17.9 Å². The maximum Gasteiger partial charge on any atom is 0.252 e. The van der Waals surface area contributed by atoms with Gasteiger partial charge in [0.25, 0.3) is 5.91 Å². The molecule has 6 heteroatoms. The van der Waals surface area contributed by atoms with Gasteiger partial charge in [-0.05, 0) is 17.7 Å². The summed E-state index contributed by atoms with van der Waals surface area (Å²) < 4.78 is 26.4. The number of rotatable bonds is 5. The van der Waals surface area contributed by atoms with Crippen molar-refractivity contribution >= 4 is 15.9 Å². The fraction of sp³-hybridized carbons (Fsp3) is 0.167. The third-order valence-electron chi connectivity index (χ3n) is 3.20. The zero-order valence-corrected chi connectivity index (χ0v) is 14.1. The van der Waals surface area contributed by atoms with Gasteiger partial charge in [-0.1, -0.05) is 54.3 Å². The topological polar surface area (TPSA) is 75.3 Å². The average Bonchev–Trinajstić information content (AvgIpc) is 2.59. The first-order chi connectivity index (χ1) is 11.5. The van der Waals surface area contributed by atoms with Crippen LogP contribution in [0.3, 0.4) is 0 Å². The monoisotopic (exact) mass is 342 g/mol. The van der Waals surface area contributed by atoms with Gasteiger partial charge in [-0.15, -0.1) is 0 Å². The van der Waals surface area contributed by atoms with Crippen molar-refractivity contribution in [3.05, 3.63) is 71.3 Å². The predicted octanol–water partition coefficient (Wildman–Crippen LogP) is 1.52. The number of nitrogens with one attached hydrogen (secondary N) is 2. The second-order valence-electron chi connectivity index (χ2n) is 4.99. The highest BCUT2D eigenvalue weighted by Gasteiger charge is 2.10. The normalized spacial score (nSPS) is 10.5. The molecule has 124 valence electrons. The lowest BCUT2D eigenvalue weighted by molar-refractivity contribution is 0.0963. The minimum Gasteiger partial charge on any atom is -0.355 e. The molecule has 2 N–H and O–H groups in total. The van der Waals surface area contributed by atoms with Gasteiger partial charge in [0, 0.05) is 12.6 Å². The lowest BCUT2D eigenvalue weighted by atomic mass is 10.1. The number of hydrogen-bond donors (Lipinski definition) is 2. The number of benzene rings is 2. The van der Waals surface area contributed by atoms with Crippen LogP contribution in [0.1, 0.15) is 21.5 Å². The molecule has 0 saturated heterocycles. The number of carbonyl (C=O) groups is 1. The van der Waals surface area contributed by atoms with Crippen molar-refractivity contribution in [2.24, 2.45) is 0 Å². The van der Waals surface area contributed by atoms with Crippen molar-refractivity contribution in [3.63, 3.8) is 0 Å². The molecule has 1 amide bonds. The Morgan fingerprint density at radius 3 is 2.42 bits per heavy atom. The third kappa shape index (κ3) is 5.23. The Labute approximate surface area is 142 Å². The van der Waals surface area contributed by atoms with Crippen LogP contribution in [0.4, 0.5) is 0 Å². The molecule has 0 unspecified atom stereocenters. The lowest BCUT2D eigenvalue weighted by Gasteiger charge is -2.04. The summed E-state index contributed by atoms with van der Waals surface area (Å²) in [6.45, 7) is -0.0166. The summed E-state index contributed by atoms with van der Waals surface area (Å²) in [6.07, 6.45) is 0. The molecule has 0 radical (unpaired) electrons. The van der Waals surface area contributed by atoms with Gasteiger partial charge in [-0.3, -0.25) is 4.79 Å². The fourth-order valence-corrected chi connectivity index (χ4v) is 3.08. The van der Waals surface area contributed by atoms with Crippen LogP contribution in [0.5, 0.6) is 0 Å². The summed E-state index contributed by atoms with van der Waals surface area (Å²) in [7, 11) is -1.91.